The highest BCUT2D eigenvalue weighted by atomic mass is 16.3. The summed E-state index contributed by atoms with van der Waals surface area (Å²) in [7, 11) is 0. The molecule has 0 radical (unpaired) electrons. The Balaban J connectivity index is 1.84. The highest BCUT2D eigenvalue weighted by Gasteiger charge is 2.30. The van der Waals surface area contributed by atoms with Gasteiger partial charge < -0.3 is 10.2 Å². The van der Waals surface area contributed by atoms with Gasteiger partial charge in [-0.05, 0) is 38.8 Å². The van der Waals surface area contributed by atoms with Crippen molar-refractivity contribution in [2.45, 2.75) is 37.8 Å². The van der Waals surface area contributed by atoms with E-state index in [0.29, 0.717) is 12.1 Å². The molecule has 0 aliphatic carbocycles. The van der Waals surface area contributed by atoms with Crippen molar-refractivity contribution in [3.8, 4) is 0 Å². The molecule has 0 saturated carbocycles. The fourth-order valence-electron chi connectivity index (χ4n) is 2.81. The van der Waals surface area contributed by atoms with Crippen LogP contribution < -0.4 is 0 Å². The highest BCUT2D eigenvalue weighted by molar-refractivity contribution is 4.83. The summed E-state index contributed by atoms with van der Waals surface area (Å²) in [5, 5.41) is 18.4. The molecule has 88 valence electrons. The Bertz CT molecular complexity index is 181. The first-order valence-corrected chi connectivity index (χ1v) is 6.05. The molecule has 0 amide bonds. The maximum atomic E-state index is 9.22. The molecular formula is C11H22N2O2. The maximum absolute atomic E-state index is 9.22. The van der Waals surface area contributed by atoms with Gasteiger partial charge in [-0.25, -0.2) is 0 Å². The minimum Gasteiger partial charge on any atom is -0.395 e. The van der Waals surface area contributed by atoms with Crippen LogP contribution in [0.4, 0.5) is 0 Å². The van der Waals surface area contributed by atoms with Gasteiger partial charge in [-0.15, -0.1) is 0 Å². The number of aliphatic hydroxyl groups is 2. The molecule has 0 aromatic heterocycles. The Hall–Kier alpha value is -0.160. The molecule has 4 nitrogen and oxygen atoms in total. The third kappa shape index (κ3) is 2.50. The van der Waals surface area contributed by atoms with Gasteiger partial charge in [0, 0.05) is 12.1 Å². The summed E-state index contributed by atoms with van der Waals surface area (Å²) in [6, 6.07) is 0.704. The molecule has 0 spiro atoms. The maximum Gasteiger partial charge on any atom is 0.0587 e. The molecule has 2 aliphatic heterocycles. The van der Waals surface area contributed by atoms with E-state index in [1.165, 1.54) is 12.8 Å². The molecule has 2 heterocycles. The predicted molar refractivity (Wildman–Crippen MR) is 58.5 cm³/mol. The largest absolute Gasteiger partial charge is 0.395 e. The smallest absolute Gasteiger partial charge is 0.0587 e. The normalized spacial score (nSPS) is 34.0. The monoisotopic (exact) mass is 214 g/mol. The summed E-state index contributed by atoms with van der Waals surface area (Å²) >= 11 is 0. The zero-order valence-electron chi connectivity index (χ0n) is 9.31. The quantitative estimate of drug-likeness (QED) is 0.684. The molecule has 1 unspecified atom stereocenters. The number of likely N-dealkylation sites (tertiary alicyclic amines) is 2. The van der Waals surface area contributed by atoms with E-state index >= 15 is 0 Å². The van der Waals surface area contributed by atoms with Gasteiger partial charge in [-0.3, -0.25) is 9.80 Å². The van der Waals surface area contributed by atoms with E-state index in [0.717, 1.165) is 32.6 Å². The first-order valence-electron chi connectivity index (χ1n) is 6.05. The van der Waals surface area contributed by atoms with Crippen LogP contribution in [0.5, 0.6) is 0 Å². The molecule has 2 atom stereocenters. The Morgan fingerprint density at radius 2 is 1.33 bits per heavy atom. The molecule has 0 bridgehead atoms. The lowest BCUT2D eigenvalue weighted by atomic mass is 10.2. The lowest BCUT2D eigenvalue weighted by Crippen LogP contribution is -2.44. The lowest BCUT2D eigenvalue weighted by Gasteiger charge is -2.31. The Morgan fingerprint density at radius 1 is 0.867 bits per heavy atom. The third-order valence-corrected chi connectivity index (χ3v) is 3.78. The molecule has 4 heteroatoms. The average Bonchev–Trinajstić information content (AvgIpc) is 2.87. The molecule has 2 rings (SSSR count). The molecular weight excluding hydrogens is 192 g/mol. The first kappa shape index (κ1) is 11.3. The van der Waals surface area contributed by atoms with Crippen LogP contribution in [-0.2, 0) is 0 Å². The minimum atomic E-state index is 0.275. The van der Waals surface area contributed by atoms with Gasteiger partial charge >= 0.3 is 0 Å². The van der Waals surface area contributed by atoms with Crippen LogP contribution in [0.3, 0.4) is 0 Å². The fraction of sp³-hybridized carbons (Fsp3) is 1.00. The van der Waals surface area contributed by atoms with Gasteiger partial charge in [0.05, 0.1) is 19.9 Å². The second kappa shape index (κ2) is 5.25. The van der Waals surface area contributed by atoms with E-state index in [1.54, 1.807) is 0 Å². The molecule has 2 saturated heterocycles. The summed E-state index contributed by atoms with van der Waals surface area (Å²) in [5.74, 6) is 0. The molecule has 15 heavy (non-hydrogen) atoms. The van der Waals surface area contributed by atoms with Crippen LogP contribution in [0.15, 0.2) is 0 Å². The number of nitrogens with zero attached hydrogens (tertiary/aromatic N) is 2. The zero-order chi connectivity index (χ0) is 10.7. The van der Waals surface area contributed by atoms with Gasteiger partial charge in [-0.2, -0.15) is 0 Å². The Labute approximate surface area is 91.5 Å². The number of hydrogen-bond donors (Lipinski definition) is 2. The van der Waals surface area contributed by atoms with Crippen molar-refractivity contribution >= 4 is 0 Å². The predicted octanol–water partition coefficient (Wildman–Crippen LogP) is -0.143. The topological polar surface area (TPSA) is 46.9 Å². The molecule has 2 fully saturated rings. The number of hydrogen-bond acceptors (Lipinski definition) is 4. The zero-order valence-corrected chi connectivity index (χ0v) is 9.31. The van der Waals surface area contributed by atoms with Crippen molar-refractivity contribution in [2.24, 2.45) is 0 Å². The van der Waals surface area contributed by atoms with E-state index in [-0.39, 0.29) is 13.2 Å². The van der Waals surface area contributed by atoms with Crippen molar-refractivity contribution in [3.05, 3.63) is 0 Å². The second-order valence-electron chi connectivity index (χ2n) is 4.72. The van der Waals surface area contributed by atoms with Gasteiger partial charge in [0.25, 0.3) is 0 Å². The SMILES string of the molecule is OCC1CCCN1CN1CCC[C@H]1CO. The average molecular weight is 214 g/mol. The number of rotatable bonds is 4. The molecule has 2 N–H and O–H groups in total. The number of aliphatic hydroxyl groups excluding tert-OH is 2. The van der Waals surface area contributed by atoms with E-state index in [1.807, 2.05) is 0 Å². The van der Waals surface area contributed by atoms with Crippen molar-refractivity contribution in [1.82, 2.24) is 9.80 Å². The van der Waals surface area contributed by atoms with Gasteiger partial charge in [0.1, 0.15) is 0 Å². The van der Waals surface area contributed by atoms with E-state index in [9.17, 15) is 10.2 Å². The second-order valence-corrected chi connectivity index (χ2v) is 4.72. The van der Waals surface area contributed by atoms with Crippen molar-refractivity contribution < 1.29 is 10.2 Å². The minimum absolute atomic E-state index is 0.275. The summed E-state index contributed by atoms with van der Waals surface area (Å²) < 4.78 is 0. The summed E-state index contributed by atoms with van der Waals surface area (Å²) in [5.41, 5.74) is 0. The summed E-state index contributed by atoms with van der Waals surface area (Å²) in [4.78, 5) is 4.71. The summed E-state index contributed by atoms with van der Waals surface area (Å²) in [6.07, 6.45) is 4.63. The van der Waals surface area contributed by atoms with Crippen molar-refractivity contribution in [1.29, 1.82) is 0 Å². The summed E-state index contributed by atoms with van der Waals surface area (Å²) in [6.45, 7) is 3.67. The van der Waals surface area contributed by atoms with Crippen LogP contribution in [-0.4, -0.2) is 65.1 Å². The van der Waals surface area contributed by atoms with Crippen molar-refractivity contribution in [2.75, 3.05) is 33.0 Å². The molecule has 2 aliphatic rings. The first-order chi connectivity index (χ1) is 7.35. The van der Waals surface area contributed by atoms with Crippen LogP contribution >= 0.6 is 0 Å². The fourth-order valence-corrected chi connectivity index (χ4v) is 2.81. The third-order valence-electron chi connectivity index (χ3n) is 3.78. The standard InChI is InChI=1S/C11H22N2O2/c14-7-10-3-1-5-12(10)9-13-6-2-4-11(13)8-15/h10-11,14-15H,1-9H2/t10-,11?/m0/s1. The molecule has 0 aromatic carbocycles. The van der Waals surface area contributed by atoms with Gasteiger partial charge in [0.15, 0.2) is 0 Å². The van der Waals surface area contributed by atoms with Crippen LogP contribution in [0.25, 0.3) is 0 Å². The van der Waals surface area contributed by atoms with Gasteiger partial charge in [0.2, 0.25) is 0 Å². The Kier molecular flexibility index (Phi) is 3.97. The van der Waals surface area contributed by atoms with Gasteiger partial charge in [-0.1, -0.05) is 0 Å². The van der Waals surface area contributed by atoms with E-state index in [2.05, 4.69) is 9.80 Å². The van der Waals surface area contributed by atoms with E-state index in [4.69, 9.17) is 0 Å². The van der Waals surface area contributed by atoms with Crippen LogP contribution in [0.2, 0.25) is 0 Å². The lowest BCUT2D eigenvalue weighted by molar-refractivity contribution is 0.0643. The van der Waals surface area contributed by atoms with Crippen molar-refractivity contribution in [3.63, 3.8) is 0 Å². The van der Waals surface area contributed by atoms with E-state index < -0.39 is 0 Å². The highest BCUT2D eigenvalue weighted by Crippen LogP contribution is 2.21. The van der Waals surface area contributed by atoms with Crippen LogP contribution in [0, 0.1) is 0 Å². The van der Waals surface area contributed by atoms with Crippen LogP contribution in [0.1, 0.15) is 25.7 Å². The Morgan fingerprint density at radius 3 is 1.73 bits per heavy atom. The molecule has 0 aromatic rings.